The maximum atomic E-state index is 9.45. The van der Waals surface area contributed by atoms with E-state index in [0.29, 0.717) is 5.02 Å². The van der Waals surface area contributed by atoms with E-state index in [4.69, 9.17) is 23.2 Å². The van der Waals surface area contributed by atoms with Gasteiger partial charge in [-0.05, 0) is 48.4 Å². The lowest BCUT2D eigenvalue weighted by molar-refractivity contribution is 0.199. The Morgan fingerprint density at radius 1 is 1.11 bits per heavy atom. The minimum Gasteiger partial charge on any atom is -0.389 e. The lowest BCUT2D eigenvalue weighted by Crippen LogP contribution is -1.89. The van der Waals surface area contributed by atoms with E-state index in [-0.39, 0.29) is 0 Å². The molecule has 2 aromatic rings. The molecule has 0 aliphatic carbocycles. The van der Waals surface area contributed by atoms with E-state index in [1.54, 1.807) is 24.8 Å². The predicted molar refractivity (Wildman–Crippen MR) is 83.1 cm³/mol. The molecule has 0 amide bonds. The Kier molecular flexibility index (Phi) is 5.17. The number of aliphatic hydroxyl groups excluding tert-OH is 1. The number of aliphatic hydroxyl groups is 1. The standard InChI is InChI=1S/C15H14Cl2OS/c1-10(18)11-2-5-14(6-3-11)19-9-12-8-13(16)4-7-15(12)17/h2-8,10,18H,9H2,1H3. The van der Waals surface area contributed by atoms with E-state index >= 15 is 0 Å². The molecule has 1 nitrogen and oxygen atoms in total. The molecule has 4 heteroatoms. The first-order valence-electron chi connectivity index (χ1n) is 5.91. The first-order chi connectivity index (χ1) is 9.06. The number of hydrogen-bond donors (Lipinski definition) is 1. The zero-order valence-electron chi connectivity index (χ0n) is 10.4. The summed E-state index contributed by atoms with van der Waals surface area (Å²) in [5.41, 5.74) is 1.95. The van der Waals surface area contributed by atoms with Crippen LogP contribution in [-0.2, 0) is 5.75 Å². The Labute approximate surface area is 127 Å². The zero-order valence-corrected chi connectivity index (χ0v) is 12.8. The summed E-state index contributed by atoms with van der Waals surface area (Å²) < 4.78 is 0. The fraction of sp³-hybridized carbons (Fsp3) is 0.200. The molecule has 1 unspecified atom stereocenters. The van der Waals surface area contributed by atoms with Crippen molar-refractivity contribution >= 4 is 35.0 Å². The van der Waals surface area contributed by atoms with Gasteiger partial charge >= 0.3 is 0 Å². The second-order valence-corrected chi connectivity index (χ2v) is 6.16. The van der Waals surface area contributed by atoms with Gasteiger partial charge in [0, 0.05) is 20.7 Å². The molecule has 0 radical (unpaired) electrons. The molecule has 0 aromatic heterocycles. The molecular formula is C15H14Cl2OS. The zero-order chi connectivity index (χ0) is 13.8. The molecule has 0 aliphatic heterocycles. The van der Waals surface area contributed by atoms with Crippen molar-refractivity contribution in [3.63, 3.8) is 0 Å². The van der Waals surface area contributed by atoms with Crippen LogP contribution < -0.4 is 0 Å². The van der Waals surface area contributed by atoms with Gasteiger partial charge in [-0.1, -0.05) is 35.3 Å². The van der Waals surface area contributed by atoms with Gasteiger partial charge in [0.15, 0.2) is 0 Å². The van der Waals surface area contributed by atoms with E-state index in [1.807, 2.05) is 36.4 Å². The number of halogens is 2. The lowest BCUT2D eigenvalue weighted by Gasteiger charge is -2.07. The largest absolute Gasteiger partial charge is 0.389 e. The number of hydrogen-bond acceptors (Lipinski definition) is 2. The Morgan fingerprint density at radius 2 is 1.79 bits per heavy atom. The maximum absolute atomic E-state index is 9.45. The molecule has 0 saturated carbocycles. The molecule has 0 aliphatic rings. The Bertz CT molecular complexity index is 553. The molecule has 0 spiro atoms. The van der Waals surface area contributed by atoms with Crippen molar-refractivity contribution in [2.24, 2.45) is 0 Å². The number of thioether (sulfide) groups is 1. The van der Waals surface area contributed by atoms with Gasteiger partial charge < -0.3 is 5.11 Å². The van der Waals surface area contributed by atoms with Gasteiger partial charge in [-0.15, -0.1) is 11.8 Å². The first-order valence-corrected chi connectivity index (χ1v) is 7.65. The van der Waals surface area contributed by atoms with Crippen LogP contribution in [0, 0.1) is 0 Å². The summed E-state index contributed by atoms with van der Waals surface area (Å²) in [6, 6.07) is 13.4. The highest BCUT2D eigenvalue weighted by atomic mass is 35.5. The average molecular weight is 313 g/mol. The fourth-order valence-electron chi connectivity index (χ4n) is 1.66. The molecule has 2 rings (SSSR count). The van der Waals surface area contributed by atoms with E-state index < -0.39 is 6.10 Å². The van der Waals surface area contributed by atoms with Crippen molar-refractivity contribution in [2.75, 3.05) is 0 Å². The molecule has 1 N–H and O–H groups in total. The van der Waals surface area contributed by atoms with E-state index in [0.717, 1.165) is 26.8 Å². The molecule has 0 saturated heterocycles. The smallest absolute Gasteiger partial charge is 0.0761 e. The third-order valence-corrected chi connectivity index (χ3v) is 4.43. The highest BCUT2D eigenvalue weighted by Gasteiger charge is 2.04. The molecule has 1 atom stereocenters. The summed E-state index contributed by atoms with van der Waals surface area (Å²) in [6.07, 6.45) is -0.429. The van der Waals surface area contributed by atoms with Crippen LogP contribution in [-0.4, -0.2) is 5.11 Å². The van der Waals surface area contributed by atoms with Crippen molar-refractivity contribution in [3.8, 4) is 0 Å². The average Bonchev–Trinajstić information content (AvgIpc) is 2.40. The van der Waals surface area contributed by atoms with E-state index in [9.17, 15) is 5.11 Å². The molecule has 2 aromatic carbocycles. The Morgan fingerprint density at radius 3 is 2.42 bits per heavy atom. The van der Waals surface area contributed by atoms with Crippen molar-refractivity contribution in [2.45, 2.75) is 23.7 Å². The fourth-order valence-corrected chi connectivity index (χ4v) is 3.01. The van der Waals surface area contributed by atoms with Crippen LogP contribution in [0.5, 0.6) is 0 Å². The van der Waals surface area contributed by atoms with Gasteiger partial charge in [0.1, 0.15) is 0 Å². The second-order valence-electron chi connectivity index (χ2n) is 4.27. The summed E-state index contributed by atoms with van der Waals surface area (Å²) >= 11 is 13.8. The molecule has 0 fully saturated rings. The predicted octanol–water partition coefficient (Wildman–Crippen LogP) is 5.34. The van der Waals surface area contributed by atoms with Crippen LogP contribution in [0.3, 0.4) is 0 Å². The molecule has 19 heavy (non-hydrogen) atoms. The van der Waals surface area contributed by atoms with Crippen molar-refractivity contribution in [1.29, 1.82) is 0 Å². The summed E-state index contributed by atoms with van der Waals surface area (Å²) in [5.74, 6) is 0.771. The first kappa shape index (κ1) is 14.7. The highest BCUT2D eigenvalue weighted by molar-refractivity contribution is 7.98. The van der Waals surface area contributed by atoms with Crippen molar-refractivity contribution in [3.05, 3.63) is 63.6 Å². The minimum absolute atomic E-state index is 0.429. The molecular weight excluding hydrogens is 299 g/mol. The number of rotatable bonds is 4. The lowest BCUT2D eigenvalue weighted by atomic mass is 10.1. The van der Waals surface area contributed by atoms with Gasteiger partial charge in [-0.3, -0.25) is 0 Å². The van der Waals surface area contributed by atoms with Gasteiger partial charge in [0.05, 0.1) is 6.10 Å². The quantitative estimate of drug-likeness (QED) is 0.769. The third-order valence-electron chi connectivity index (χ3n) is 2.76. The van der Waals surface area contributed by atoms with Gasteiger partial charge in [0.25, 0.3) is 0 Å². The van der Waals surface area contributed by atoms with Crippen LogP contribution in [0.25, 0.3) is 0 Å². The van der Waals surface area contributed by atoms with Crippen LogP contribution in [0.4, 0.5) is 0 Å². The van der Waals surface area contributed by atoms with Crippen LogP contribution >= 0.6 is 35.0 Å². The van der Waals surface area contributed by atoms with Gasteiger partial charge in [-0.2, -0.15) is 0 Å². The molecule has 0 heterocycles. The molecule has 0 bridgehead atoms. The monoisotopic (exact) mass is 312 g/mol. The van der Waals surface area contributed by atoms with Crippen LogP contribution in [0.1, 0.15) is 24.2 Å². The van der Waals surface area contributed by atoms with E-state index in [2.05, 4.69) is 0 Å². The second kappa shape index (κ2) is 6.67. The van der Waals surface area contributed by atoms with Crippen molar-refractivity contribution in [1.82, 2.24) is 0 Å². The van der Waals surface area contributed by atoms with E-state index in [1.165, 1.54) is 0 Å². The van der Waals surface area contributed by atoms with Crippen LogP contribution in [0.15, 0.2) is 47.4 Å². The molecule has 100 valence electrons. The summed E-state index contributed by atoms with van der Waals surface area (Å²) in [7, 11) is 0. The van der Waals surface area contributed by atoms with Crippen LogP contribution in [0.2, 0.25) is 10.0 Å². The normalized spacial score (nSPS) is 12.4. The summed E-state index contributed by atoms with van der Waals surface area (Å²) in [4.78, 5) is 1.14. The van der Waals surface area contributed by atoms with Crippen molar-refractivity contribution < 1.29 is 5.11 Å². The summed E-state index contributed by atoms with van der Waals surface area (Å²) in [6.45, 7) is 1.76. The Hall–Kier alpha value is -0.670. The van der Waals surface area contributed by atoms with Gasteiger partial charge in [-0.25, -0.2) is 0 Å². The SMILES string of the molecule is CC(O)c1ccc(SCc2cc(Cl)ccc2Cl)cc1. The third kappa shape index (κ3) is 4.15. The Balaban J connectivity index is 2.04. The minimum atomic E-state index is -0.429. The highest BCUT2D eigenvalue weighted by Crippen LogP contribution is 2.29. The number of benzene rings is 2. The summed E-state index contributed by atoms with van der Waals surface area (Å²) in [5, 5.41) is 10.9. The topological polar surface area (TPSA) is 20.2 Å². The maximum Gasteiger partial charge on any atom is 0.0761 e. The van der Waals surface area contributed by atoms with Gasteiger partial charge in [0.2, 0.25) is 0 Å².